The van der Waals surface area contributed by atoms with Crippen molar-refractivity contribution in [3.8, 4) is 5.75 Å². The zero-order chi connectivity index (χ0) is 25.1. The number of aliphatic hydroxyl groups excluding tert-OH is 2. The van der Waals surface area contributed by atoms with Gasteiger partial charge < -0.3 is 36.4 Å². The largest absolute Gasteiger partial charge is 0.508 e. The van der Waals surface area contributed by atoms with Gasteiger partial charge >= 0.3 is 6.03 Å². The Balaban J connectivity index is 1.65. The number of unbranched alkanes of at least 4 members (excludes halogenated alkanes) is 1. The first kappa shape index (κ1) is 27.5. The summed E-state index contributed by atoms with van der Waals surface area (Å²) in [5.41, 5.74) is 5.88. The number of aromatic hydroxyl groups is 1. The minimum Gasteiger partial charge on any atom is -0.508 e. The lowest BCUT2D eigenvalue weighted by Crippen LogP contribution is -2.30. The lowest BCUT2D eigenvalue weighted by atomic mass is 10.0. The van der Waals surface area contributed by atoms with Gasteiger partial charge in [0.1, 0.15) is 12.4 Å². The first-order valence-corrected chi connectivity index (χ1v) is 11.1. The van der Waals surface area contributed by atoms with Crippen molar-refractivity contribution in [2.45, 2.75) is 50.9 Å². The van der Waals surface area contributed by atoms with Crippen LogP contribution in [0.25, 0.3) is 0 Å². The molecule has 0 saturated carbocycles. The summed E-state index contributed by atoms with van der Waals surface area (Å²) >= 11 is 0. The number of anilines is 1. The first-order chi connectivity index (χ1) is 16.1. The Hall–Kier alpha value is -2.79. The van der Waals surface area contributed by atoms with Gasteiger partial charge in [-0.05, 0) is 56.0 Å². The Morgan fingerprint density at radius 3 is 2.68 bits per heavy atom. The maximum absolute atomic E-state index is 14.4. The highest BCUT2D eigenvalue weighted by atomic mass is 19.3. The number of alkyl halides is 2. The third-order valence-electron chi connectivity index (χ3n) is 5.33. The van der Waals surface area contributed by atoms with Gasteiger partial charge in [0.05, 0.1) is 12.7 Å². The summed E-state index contributed by atoms with van der Waals surface area (Å²) in [5.74, 6) is -3.22. The van der Waals surface area contributed by atoms with Gasteiger partial charge in [0.25, 0.3) is 5.92 Å². The Kier molecular flexibility index (Phi) is 10.6. The predicted octanol–water partition coefficient (Wildman–Crippen LogP) is 3.37. The average molecular weight is 482 g/mol. The summed E-state index contributed by atoms with van der Waals surface area (Å²) in [7, 11) is 0. The van der Waals surface area contributed by atoms with Crippen LogP contribution in [0, 0.1) is 0 Å². The number of benzene rings is 2. The van der Waals surface area contributed by atoms with E-state index in [9.17, 15) is 28.9 Å². The van der Waals surface area contributed by atoms with Gasteiger partial charge in [-0.1, -0.05) is 18.2 Å². The number of aliphatic hydroxyl groups is 2. The van der Waals surface area contributed by atoms with Crippen molar-refractivity contribution in [2.24, 2.45) is 5.73 Å². The molecule has 0 saturated heterocycles. The summed E-state index contributed by atoms with van der Waals surface area (Å²) in [6.45, 7) is 1.36. The second-order valence-electron chi connectivity index (χ2n) is 8.19. The van der Waals surface area contributed by atoms with E-state index in [-0.39, 0.29) is 36.3 Å². The molecule has 0 fully saturated rings. The van der Waals surface area contributed by atoms with E-state index < -0.39 is 24.7 Å². The molecule has 7 N–H and O–H groups in total. The lowest BCUT2D eigenvalue weighted by Gasteiger charge is -2.19. The van der Waals surface area contributed by atoms with Crippen LogP contribution in [0.1, 0.15) is 49.0 Å². The van der Waals surface area contributed by atoms with Gasteiger partial charge in [-0.3, -0.25) is 0 Å². The summed E-state index contributed by atoms with van der Waals surface area (Å²) < 4.78 is 33.9. The molecule has 2 aromatic carbocycles. The number of nitrogens with one attached hydrogen (secondary N) is 2. The third kappa shape index (κ3) is 8.86. The molecule has 10 heteroatoms. The number of amides is 2. The van der Waals surface area contributed by atoms with Crippen molar-refractivity contribution in [3.05, 3.63) is 59.2 Å². The van der Waals surface area contributed by atoms with E-state index in [0.717, 1.165) is 12.8 Å². The van der Waals surface area contributed by atoms with Crippen molar-refractivity contribution < 1.29 is 33.6 Å². The van der Waals surface area contributed by atoms with Crippen molar-refractivity contribution in [2.75, 3.05) is 25.1 Å². The molecule has 34 heavy (non-hydrogen) atoms. The van der Waals surface area contributed by atoms with Crippen LogP contribution in [0.2, 0.25) is 0 Å². The number of rotatable bonds is 14. The normalized spacial score (nSPS) is 13.4. The number of primary amides is 1. The van der Waals surface area contributed by atoms with Crippen LogP contribution < -0.4 is 16.4 Å². The SMILES string of the molecule is CC(CCCCOCC(F)(F)c1cccc(NC(N)=O)c1)NCC(O)c1ccc(O)c(CO)c1. The number of carbonyl (C=O) groups excluding carboxylic acids is 1. The molecule has 0 bridgehead atoms. The molecule has 0 aliphatic heterocycles. The number of urea groups is 1. The molecule has 0 spiro atoms. The minimum atomic E-state index is -3.20. The number of ether oxygens (including phenoxy) is 1. The molecule has 2 unspecified atom stereocenters. The van der Waals surface area contributed by atoms with Gasteiger partial charge in [0, 0.05) is 36.0 Å². The standard InChI is InChI=1S/C24H33F2N3O5/c1-16(28-13-22(32)17-8-9-21(31)18(11-17)14-30)5-2-3-10-34-15-24(25,26)19-6-4-7-20(12-19)29-23(27)33/h4,6-9,11-12,16,22,28,30-32H,2-3,5,10,13-15H2,1H3,(H3,27,29,33). The summed E-state index contributed by atoms with van der Waals surface area (Å²) in [5, 5.41) is 34.6. The van der Waals surface area contributed by atoms with E-state index >= 15 is 0 Å². The van der Waals surface area contributed by atoms with Crippen LogP contribution in [-0.4, -0.2) is 47.2 Å². The zero-order valence-electron chi connectivity index (χ0n) is 19.1. The Bertz CT molecular complexity index is 929. The average Bonchev–Trinajstić information content (AvgIpc) is 2.79. The number of nitrogens with two attached hydrogens (primary N) is 1. The summed E-state index contributed by atoms with van der Waals surface area (Å²) in [6.07, 6.45) is 1.33. The van der Waals surface area contributed by atoms with Crippen LogP contribution in [0.3, 0.4) is 0 Å². The number of carbonyl (C=O) groups is 1. The number of halogens is 2. The van der Waals surface area contributed by atoms with E-state index in [1.807, 2.05) is 6.92 Å². The molecule has 0 aromatic heterocycles. The van der Waals surface area contributed by atoms with Crippen LogP contribution in [-0.2, 0) is 17.3 Å². The molecule has 0 aliphatic rings. The Morgan fingerprint density at radius 1 is 1.21 bits per heavy atom. The molecule has 2 aromatic rings. The summed E-state index contributed by atoms with van der Waals surface area (Å²) in [4.78, 5) is 10.9. The Labute approximate surface area is 197 Å². The lowest BCUT2D eigenvalue weighted by molar-refractivity contribution is -0.0831. The summed E-state index contributed by atoms with van der Waals surface area (Å²) in [6, 6.07) is 9.17. The predicted molar refractivity (Wildman–Crippen MR) is 125 cm³/mol. The van der Waals surface area contributed by atoms with Crippen LogP contribution in [0.4, 0.5) is 19.3 Å². The van der Waals surface area contributed by atoms with E-state index in [2.05, 4.69) is 10.6 Å². The molecule has 2 amide bonds. The number of hydrogen-bond acceptors (Lipinski definition) is 6. The van der Waals surface area contributed by atoms with Gasteiger partial charge in [0.2, 0.25) is 0 Å². The fraction of sp³-hybridized carbons (Fsp3) is 0.458. The second-order valence-corrected chi connectivity index (χ2v) is 8.19. The smallest absolute Gasteiger partial charge is 0.316 e. The molecule has 0 heterocycles. The third-order valence-corrected chi connectivity index (χ3v) is 5.33. The fourth-order valence-electron chi connectivity index (χ4n) is 3.38. The fourth-order valence-corrected chi connectivity index (χ4v) is 3.38. The quantitative estimate of drug-likeness (QED) is 0.229. The molecule has 0 radical (unpaired) electrons. The maximum Gasteiger partial charge on any atom is 0.316 e. The molecular weight excluding hydrogens is 448 g/mol. The highest BCUT2D eigenvalue weighted by molar-refractivity contribution is 5.87. The second kappa shape index (κ2) is 13.2. The highest BCUT2D eigenvalue weighted by Gasteiger charge is 2.32. The van der Waals surface area contributed by atoms with Gasteiger partial charge in [0.15, 0.2) is 0 Å². The number of phenols is 1. The number of hydrogen-bond donors (Lipinski definition) is 6. The van der Waals surface area contributed by atoms with E-state index in [1.165, 1.54) is 30.3 Å². The van der Waals surface area contributed by atoms with Crippen molar-refractivity contribution in [3.63, 3.8) is 0 Å². The Morgan fingerprint density at radius 2 is 1.97 bits per heavy atom. The monoisotopic (exact) mass is 481 g/mol. The van der Waals surface area contributed by atoms with Crippen molar-refractivity contribution in [1.29, 1.82) is 0 Å². The van der Waals surface area contributed by atoms with Crippen molar-refractivity contribution in [1.82, 2.24) is 5.32 Å². The zero-order valence-corrected chi connectivity index (χ0v) is 19.1. The minimum absolute atomic E-state index is 0.0200. The van der Waals surface area contributed by atoms with Crippen LogP contribution >= 0.6 is 0 Å². The maximum atomic E-state index is 14.4. The van der Waals surface area contributed by atoms with Gasteiger partial charge in [-0.2, -0.15) is 8.78 Å². The van der Waals surface area contributed by atoms with Crippen LogP contribution in [0.5, 0.6) is 5.75 Å². The molecular formula is C24H33F2N3O5. The van der Waals surface area contributed by atoms with Gasteiger partial charge in [-0.15, -0.1) is 0 Å². The van der Waals surface area contributed by atoms with E-state index in [4.69, 9.17) is 10.5 Å². The molecule has 8 nitrogen and oxygen atoms in total. The molecule has 2 atom stereocenters. The topological polar surface area (TPSA) is 137 Å². The first-order valence-electron chi connectivity index (χ1n) is 11.1. The highest BCUT2D eigenvalue weighted by Crippen LogP contribution is 2.30. The molecule has 2 rings (SSSR count). The molecule has 188 valence electrons. The van der Waals surface area contributed by atoms with Crippen molar-refractivity contribution >= 4 is 11.7 Å². The van der Waals surface area contributed by atoms with E-state index in [1.54, 1.807) is 12.1 Å². The van der Waals surface area contributed by atoms with Gasteiger partial charge in [-0.25, -0.2) is 4.79 Å². The molecule has 0 aliphatic carbocycles. The van der Waals surface area contributed by atoms with E-state index in [0.29, 0.717) is 24.1 Å². The van der Waals surface area contributed by atoms with Crippen LogP contribution in [0.15, 0.2) is 42.5 Å².